The highest BCUT2D eigenvalue weighted by Gasteiger charge is 2.29. The van der Waals surface area contributed by atoms with Gasteiger partial charge in [0, 0.05) is 6.54 Å². The molecule has 1 aliphatic heterocycles. The molecule has 1 aliphatic rings. The van der Waals surface area contributed by atoms with Gasteiger partial charge in [-0.1, -0.05) is 18.2 Å². The van der Waals surface area contributed by atoms with Crippen molar-refractivity contribution in [1.29, 1.82) is 0 Å². The van der Waals surface area contributed by atoms with Crippen LogP contribution in [-0.2, 0) is 26.9 Å². The molecule has 27 heavy (non-hydrogen) atoms. The summed E-state index contributed by atoms with van der Waals surface area (Å²) in [7, 11) is -4.95. The maximum Gasteiger partial charge on any atom is 0.491 e. The van der Waals surface area contributed by atoms with E-state index < -0.39 is 23.0 Å². The molecule has 0 aliphatic carbocycles. The molecule has 2 aromatic rings. The van der Waals surface area contributed by atoms with E-state index in [1.54, 1.807) is 25.1 Å². The van der Waals surface area contributed by atoms with Crippen molar-refractivity contribution in [3.05, 3.63) is 41.6 Å². The van der Waals surface area contributed by atoms with Gasteiger partial charge in [0.15, 0.2) is 5.03 Å². The Kier molecular flexibility index (Phi) is 5.35. The first-order valence-electron chi connectivity index (χ1n) is 8.24. The molecule has 1 aromatic heterocycles. The third-order valence-electron chi connectivity index (χ3n) is 3.98. The lowest BCUT2D eigenvalue weighted by Crippen LogP contribution is -2.29. The quantitative estimate of drug-likeness (QED) is 0.526. The van der Waals surface area contributed by atoms with Crippen LogP contribution in [0.1, 0.15) is 18.1 Å². The van der Waals surface area contributed by atoms with Gasteiger partial charge in [-0.15, -0.1) is 0 Å². The molecule has 2 amide bonds. The molecule has 2 heterocycles. The first-order valence-corrected chi connectivity index (χ1v) is 9.90. The number of carbonyl (C=O) groups is 1. The predicted molar refractivity (Wildman–Crippen MR) is 101 cm³/mol. The van der Waals surface area contributed by atoms with E-state index in [1.165, 1.54) is 12.3 Å². The normalized spacial score (nSPS) is 13.3. The maximum absolute atomic E-state index is 12.9. The first-order chi connectivity index (χ1) is 12.8. The lowest BCUT2D eigenvalue weighted by atomic mass is 9.79. The molecule has 9 nitrogen and oxygen atoms in total. The van der Waals surface area contributed by atoms with Crippen molar-refractivity contribution in [3.63, 3.8) is 0 Å². The molecule has 0 unspecified atom stereocenters. The van der Waals surface area contributed by atoms with E-state index in [0.29, 0.717) is 17.6 Å². The summed E-state index contributed by atoms with van der Waals surface area (Å²) < 4.78 is 30.9. The molecule has 0 saturated carbocycles. The number of urea groups is 1. The van der Waals surface area contributed by atoms with Crippen molar-refractivity contribution in [3.8, 4) is 0 Å². The summed E-state index contributed by atoms with van der Waals surface area (Å²) in [5.41, 5.74) is 7.74. The molecule has 0 atom stereocenters. The van der Waals surface area contributed by atoms with Gasteiger partial charge >= 0.3 is 13.1 Å². The summed E-state index contributed by atoms with van der Waals surface area (Å²) in [5, 5.41) is 14.5. The fourth-order valence-electron chi connectivity index (χ4n) is 2.77. The number of hydrogen-bond donors (Lipinski definition) is 4. The van der Waals surface area contributed by atoms with Gasteiger partial charge < -0.3 is 26.0 Å². The molecule has 0 radical (unpaired) electrons. The standard InChI is InChI=1S/C16H19BN4O5S/c1-2-19-16(22)21-14-6-12(18)7-20-15(14)27(24,25)9-10-3-4-11-8-26-17(23)13(11)5-10/h3-7,23H,2,8-9,18H2,1H3,(H2,19,21,22). The summed E-state index contributed by atoms with van der Waals surface area (Å²) in [5.74, 6) is -0.353. The molecule has 0 saturated heterocycles. The molecule has 1 aromatic carbocycles. The van der Waals surface area contributed by atoms with Crippen molar-refractivity contribution >= 4 is 39.8 Å². The minimum Gasteiger partial charge on any atom is -0.423 e. The highest BCUT2D eigenvalue weighted by Crippen LogP contribution is 2.25. The van der Waals surface area contributed by atoms with Crippen molar-refractivity contribution in [1.82, 2.24) is 10.3 Å². The molecule has 3 rings (SSSR count). The van der Waals surface area contributed by atoms with Gasteiger partial charge in [0.25, 0.3) is 0 Å². The number of nitrogen functional groups attached to an aromatic ring is 1. The van der Waals surface area contributed by atoms with Gasteiger partial charge in [0.1, 0.15) is 0 Å². The summed E-state index contributed by atoms with van der Waals surface area (Å²) >= 11 is 0. The lowest BCUT2D eigenvalue weighted by molar-refractivity contribution is 0.252. The number of benzene rings is 1. The van der Waals surface area contributed by atoms with Crippen LogP contribution in [0, 0.1) is 0 Å². The first kappa shape index (κ1) is 19.1. The number of carbonyl (C=O) groups excluding carboxylic acids is 1. The molecule has 0 bridgehead atoms. The van der Waals surface area contributed by atoms with Crippen LogP contribution in [0.15, 0.2) is 35.5 Å². The van der Waals surface area contributed by atoms with Crippen LogP contribution >= 0.6 is 0 Å². The summed E-state index contributed by atoms with van der Waals surface area (Å²) in [6, 6.07) is 5.76. The Hall–Kier alpha value is -2.63. The highest BCUT2D eigenvalue weighted by molar-refractivity contribution is 7.90. The van der Waals surface area contributed by atoms with Crippen LogP contribution in [0.4, 0.5) is 16.2 Å². The molecule has 0 fully saturated rings. The van der Waals surface area contributed by atoms with E-state index in [1.807, 2.05) is 0 Å². The van der Waals surface area contributed by atoms with E-state index in [0.717, 1.165) is 5.56 Å². The number of nitrogens with two attached hydrogens (primary N) is 1. The maximum atomic E-state index is 12.9. The van der Waals surface area contributed by atoms with Crippen molar-refractivity contribution < 1.29 is 22.9 Å². The van der Waals surface area contributed by atoms with Gasteiger partial charge in [0.2, 0.25) is 9.84 Å². The number of rotatable bonds is 5. The van der Waals surface area contributed by atoms with Crippen molar-refractivity contribution in [2.75, 3.05) is 17.6 Å². The highest BCUT2D eigenvalue weighted by atomic mass is 32.2. The monoisotopic (exact) mass is 390 g/mol. The van der Waals surface area contributed by atoms with Crippen molar-refractivity contribution in [2.45, 2.75) is 24.3 Å². The summed E-state index contributed by atoms with van der Waals surface area (Å²) in [6.07, 6.45) is 1.22. The fraction of sp³-hybridized carbons (Fsp3) is 0.250. The zero-order valence-corrected chi connectivity index (χ0v) is 15.4. The second-order valence-corrected chi connectivity index (χ2v) is 7.97. The van der Waals surface area contributed by atoms with Crippen molar-refractivity contribution in [2.24, 2.45) is 0 Å². The number of aromatic nitrogens is 1. The molecule has 142 valence electrons. The lowest BCUT2D eigenvalue weighted by Gasteiger charge is -2.12. The van der Waals surface area contributed by atoms with E-state index in [4.69, 9.17) is 10.4 Å². The number of fused-ring (bicyclic) bond motifs is 1. The Labute approximate surface area is 157 Å². The van der Waals surface area contributed by atoms with Crippen LogP contribution in [0.5, 0.6) is 0 Å². The SMILES string of the molecule is CCNC(=O)Nc1cc(N)cnc1S(=O)(=O)Cc1ccc2c(c1)B(O)OC2. The molecule has 0 spiro atoms. The topological polar surface area (TPSA) is 144 Å². The van der Waals surface area contributed by atoms with E-state index >= 15 is 0 Å². The zero-order valence-electron chi connectivity index (χ0n) is 14.6. The average Bonchev–Trinajstić information content (AvgIpc) is 2.95. The Morgan fingerprint density at radius 2 is 2.19 bits per heavy atom. The van der Waals surface area contributed by atoms with E-state index in [9.17, 15) is 18.2 Å². The van der Waals surface area contributed by atoms with E-state index in [2.05, 4.69) is 15.6 Å². The fourth-order valence-corrected chi connectivity index (χ4v) is 4.19. The summed E-state index contributed by atoms with van der Waals surface area (Å²) in [4.78, 5) is 15.7. The Bertz CT molecular complexity index is 983. The third-order valence-corrected chi connectivity index (χ3v) is 5.61. The molecule has 5 N–H and O–H groups in total. The predicted octanol–water partition coefficient (Wildman–Crippen LogP) is -0.00320. The molecular weight excluding hydrogens is 371 g/mol. The van der Waals surface area contributed by atoms with Crippen LogP contribution < -0.4 is 21.8 Å². The molecular formula is C16H19BN4O5S. The minimum absolute atomic E-state index is 0.00507. The molecule has 11 heteroatoms. The van der Waals surface area contributed by atoms with E-state index in [-0.39, 0.29) is 28.8 Å². The number of anilines is 2. The van der Waals surface area contributed by atoms with Gasteiger partial charge in [-0.3, -0.25) is 0 Å². The zero-order chi connectivity index (χ0) is 19.6. The second kappa shape index (κ2) is 7.55. The number of hydrogen-bond acceptors (Lipinski definition) is 7. The smallest absolute Gasteiger partial charge is 0.423 e. The number of nitrogens with one attached hydrogen (secondary N) is 2. The number of pyridine rings is 1. The van der Waals surface area contributed by atoms with Gasteiger partial charge in [0.05, 0.1) is 29.9 Å². The number of amides is 2. The van der Waals surface area contributed by atoms with Gasteiger partial charge in [-0.2, -0.15) is 0 Å². The third kappa shape index (κ3) is 4.21. The Balaban J connectivity index is 1.91. The van der Waals surface area contributed by atoms with Crippen LogP contribution in [0.3, 0.4) is 0 Å². The van der Waals surface area contributed by atoms with Crippen LogP contribution in [0.2, 0.25) is 0 Å². The van der Waals surface area contributed by atoms with Gasteiger partial charge in [-0.05, 0) is 29.6 Å². The Morgan fingerprint density at radius 1 is 1.41 bits per heavy atom. The number of sulfone groups is 1. The average molecular weight is 390 g/mol. The van der Waals surface area contributed by atoms with Gasteiger partial charge in [-0.25, -0.2) is 18.2 Å². The number of nitrogens with zero attached hydrogens (tertiary/aromatic N) is 1. The second-order valence-electron chi connectivity index (χ2n) is 6.06. The minimum atomic E-state index is -3.89. The van der Waals surface area contributed by atoms with Crippen LogP contribution in [0.25, 0.3) is 0 Å². The Morgan fingerprint density at radius 3 is 2.93 bits per heavy atom. The summed E-state index contributed by atoms with van der Waals surface area (Å²) in [6.45, 7) is 2.40. The van der Waals surface area contributed by atoms with Crippen LogP contribution in [-0.4, -0.2) is 38.1 Å². The largest absolute Gasteiger partial charge is 0.491 e.